The van der Waals surface area contributed by atoms with Crippen LogP contribution in [0.2, 0.25) is 0 Å². The molecule has 2 aromatic rings. The lowest BCUT2D eigenvalue weighted by Gasteiger charge is -2.08. The number of aryl methyl sites for hydroxylation is 1. The number of imidazole rings is 1. The lowest BCUT2D eigenvalue weighted by atomic mass is 10.4. The van der Waals surface area contributed by atoms with Crippen molar-refractivity contribution in [2.75, 3.05) is 19.0 Å². The van der Waals surface area contributed by atoms with Gasteiger partial charge in [0.05, 0.1) is 6.61 Å². The van der Waals surface area contributed by atoms with Crippen molar-refractivity contribution >= 4 is 5.95 Å². The molecule has 2 rings (SSSR count). The minimum absolute atomic E-state index is 0.326. The van der Waals surface area contributed by atoms with Gasteiger partial charge in [0, 0.05) is 26.0 Å². The third kappa shape index (κ3) is 3.23. The van der Waals surface area contributed by atoms with E-state index in [9.17, 15) is 0 Å². The molecule has 0 atom stereocenters. The Labute approximate surface area is 118 Å². The van der Waals surface area contributed by atoms with Crippen LogP contribution in [-0.4, -0.2) is 38.2 Å². The lowest BCUT2D eigenvalue weighted by Crippen LogP contribution is -2.08. The summed E-state index contributed by atoms with van der Waals surface area (Å²) in [4.78, 5) is 17.2. The van der Waals surface area contributed by atoms with Crippen LogP contribution in [0.3, 0.4) is 0 Å². The van der Waals surface area contributed by atoms with Crippen LogP contribution >= 0.6 is 0 Å². The van der Waals surface area contributed by atoms with E-state index in [1.807, 2.05) is 17.7 Å². The number of nitrogens with one attached hydrogen (secondary N) is 1. The van der Waals surface area contributed by atoms with E-state index in [4.69, 9.17) is 4.74 Å². The molecule has 0 aliphatic heterocycles. The summed E-state index contributed by atoms with van der Waals surface area (Å²) >= 11 is 0. The van der Waals surface area contributed by atoms with Crippen molar-refractivity contribution in [3.8, 4) is 17.7 Å². The zero-order chi connectivity index (χ0) is 14.4. The van der Waals surface area contributed by atoms with E-state index in [0.717, 1.165) is 25.2 Å². The van der Waals surface area contributed by atoms with Crippen molar-refractivity contribution < 1.29 is 4.74 Å². The van der Waals surface area contributed by atoms with E-state index in [2.05, 4.69) is 32.2 Å². The van der Waals surface area contributed by atoms with Gasteiger partial charge in [0.25, 0.3) is 0 Å². The molecule has 0 spiro atoms. The summed E-state index contributed by atoms with van der Waals surface area (Å²) in [5.74, 6) is 1.73. The number of hydrogen-bond acceptors (Lipinski definition) is 6. The molecular weight excluding hydrogens is 256 g/mol. The van der Waals surface area contributed by atoms with E-state index < -0.39 is 0 Å². The molecule has 0 amide bonds. The van der Waals surface area contributed by atoms with Gasteiger partial charge in [0.1, 0.15) is 0 Å². The molecule has 7 nitrogen and oxygen atoms in total. The van der Waals surface area contributed by atoms with E-state index in [-0.39, 0.29) is 0 Å². The van der Waals surface area contributed by atoms with Gasteiger partial charge in [-0.25, -0.2) is 4.98 Å². The molecule has 108 valence electrons. The summed E-state index contributed by atoms with van der Waals surface area (Å²) in [6.45, 7) is 5.61. The molecule has 0 saturated heterocycles. The maximum absolute atomic E-state index is 5.50. The summed E-state index contributed by atoms with van der Waals surface area (Å²) in [5, 5.41) is 2.92. The largest absolute Gasteiger partial charge is 0.463 e. The van der Waals surface area contributed by atoms with E-state index in [1.165, 1.54) is 0 Å². The van der Waals surface area contributed by atoms with Gasteiger partial charge < -0.3 is 14.6 Å². The molecule has 0 bridgehead atoms. The first-order chi connectivity index (χ1) is 9.78. The first-order valence-electron chi connectivity index (χ1n) is 6.86. The Hall–Kier alpha value is -2.18. The smallest absolute Gasteiger partial charge is 0.321 e. The molecule has 20 heavy (non-hydrogen) atoms. The van der Waals surface area contributed by atoms with Gasteiger partial charge in [-0.15, -0.1) is 0 Å². The van der Waals surface area contributed by atoms with Crippen LogP contribution in [0, 0.1) is 0 Å². The van der Waals surface area contributed by atoms with Gasteiger partial charge in [0.2, 0.25) is 11.8 Å². The second-order valence-corrected chi connectivity index (χ2v) is 4.31. The zero-order valence-corrected chi connectivity index (χ0v) is 12.1. The fraction of sp³-hybridized carbons (Fsp3) is 0.538. The standard InChI is InChI=1S/C13H20N6O/c1-4-7-19-8-6-15-11(19)10-16-12(14-3)18-13(17-10)20-9-5-2/h6,8H,4-5,7,9H2,1-3H3,(H,14,16,17,18). The molecule has 7 heteroatoms. The fourth-order valence-corrected chi connectivity index (χ4v) is 1.76. The van der Waals surface area contributed by atoms with E-state index in [1.54, 1.807) is 13.2 Å². The topological polar surface area (TPSA) is 77.8 Å². The Bertz CT molecular complexity index is 554. The fourth-order valence-electron chi connectivity index (χ4n) is 1.76. The van der Waals surface area contributed by atoms with Crippen LogP contribution in [0.25, 0.3) is 11.6 Å². The molecule has 0 aromatic carbocycles. The molecular formula is C13H20N6O. The summed E-state index contributed by atoms with van der Waals surface area (Å²) in [5.41, 5.74) is 0. The van der Waals surface area contributed by atoms with Gasteiger partial charge >= 0.3 is 6.01 Å². The Morgan fingerprint density at radius 2 is 2.05 bits per heavy atom. The average molecular weight is 276 g/mol. The summed E-state index contributed by atoms with van der Waals surface area (Å²) in [6.07, 6.45) is 5.60. The number of hydrogen-bond donors (Lipinski definition) is 1. The van der Waals surface area contributed by atoms with Gasteiger partial charge in [-0.05, 0) is 12.8 Å². The van der Waals surface area contributed by atoms with E-state index >= 15 is 0 Å². The quantitative estimate of drug-likeness (QED) is 0.833. The zero-order valence-electron chi connectivity index (χ0n) is 12.1. The van der Waals surface area contributed by atoms with Gasteiger partial charge in [-0.1, -0.05) is 13.8 Å². The van der Waals surface area contributed by atoms with Crippen molar-refractivity contribution in [2.45, 2.75) is 33.2 Å². The molecule has 0 saturated carbocycles. The third-order valence-electron chi connectivity index (χ3n) is 2.65. The minimum Gasteiger partial charge on any atom is -0.463 e. The Balaban J connectivity index is 2.36. The number of ether oxygens (including phenoxy) is 1. The molecule has 0 radical (unpaired) electrons. The number of rotatable bonds is 7. The van der Waals surface area contributed by atoms with Crippen LogP contribution in [0.5, 0.6) is 6.01 Å². The molecule has 2 aromatic heterocycles. The first kappa shape index (κ1) is 14.2. The number of nitrogens with zero attached hydrogens (tertiary/aromatic N) is 5. The average Bonchev–Trinajstić information content (AvgIpc) is 2.93. The van der Waals surface area contributed by atoms with Crippen LogP contribution in [0.1, 0.15) is 26.7 Å². The molecule has 0 aliphatic carbocycles. The van der Waals surface area contributed by atoms with Gasteiger partial charge in [0.15, 0.2) is 5.82 Å². The predicted octanol–water partition coefficient (Wildman–Crippen LogP) is 1.98. The predicted molar refractivity (Wildman–Crippen MR) is 76.7 cm³/mol. The number of anilines is 1. The van der Waals surface area contributed by atoms with Crippen molar-refractivity contribution in [3.05, 3.63) is 12.4 Å². The maximum Gasteiger partial charge on any atom is 0.321 e. The van der Waals surface area contributed by atoms with E-state index in [0.29, 0.717) is 24.4 Å². The highest BCUT2D eigenvalue weighted by Gasteiger charge is 2.13. The monoisotopic (exact) mass is 276 g/mol. The Morgan fingerprint density at radius 1 is 1.20 bits per heavy atom. The summed E-state index contributed by atoms with van der Waals surface area (Å²) < 4.78 is 7.52. The highest BCUT2D eigenvalue weighted by molar-refractivity contribution is 5.47. The lowest BCUT2D eigenvalue weighted by molar-refractivity contribution is 0.292. The van der Waals surface area contributed by atoms with Crippen molar-refractivity contribution in [1.29, 1.82) is 0 Å². The van der Waals surface area contributed by atoms with Gasteiger partial charge in [-0.3, -0.25) is 0 Å². The molecule has 2 heterocycles. The second-order valence-electron chi connectivity index (χ2n) is 4.31. The Kier molecular flexibility index (Phi) is 4.86. The third-order valence-corrected chi connectivity index (χ3v) is 2.65. The van der Waals surface area contributed by atoms with Gasteiger partial charge in [-0.2, -0.15) is 15.0 Å². The summed E-state index contributed by atoms with van der Waals surface area (Å²) in [7, 11) is 1.77. The molecule has 1 N–H and O–H groups in total. The molecule has 0 unspecified atom stereocenters. The normalized spacial score (nSPS) is 10.6. The number of aromatic nitrogens is 5. The SMILES string of the molecule is CCCOc1nc(NC)nc(-c2nccn2CCC)n1. The van der Waals surface area contributed by atoms with Crippen LogP contribution in [-0.2, 0) is 6.54 Å². The Morgan fingerprint density at radius 3 is 2.75 bits per heavy atom. The molecule has 0 aliphatic rings. The highest BCUT2D eigenvalue weighted by Crippen LogP contribution is 2.17. The van der Waals surface area contributed by atoms with Crippen molar-refractivity contribution in [1.82, 2.24) is 24.5 Å². The minimum atomic E-state index is 0.326. The first-order valence-corrected chi connectivity index (χ1v) is 6.86. The highest BCUT2D eigenvalue weighted by atomic mass is 16.5. The summed E-state index contributed by atoms with van der Waals surface area (Å²) in [6, 6.07) is 0.326. The van der Waals surface area contributed by atoms with Crippen molar-refractivity contribution in [2.24, 2.45) is 0 Å². The second kappa shape index (κ2) is 6.83. The van der Waals surface area contributed by atoms with Crippen LogP contribution in [0.4, 0.5) is 5.95 Å². The van der Waals surface area contributed by atoms with Crippen LogP contribution in [0.15, 0.2) is 12.4 Å². The van der Waals surface area contributed by atoms with Crippen molar-refractivity contribution in [3.63, 3.8) is 0 Å². The van der Waals surface area contributed by atoms with Crippen LogP contribution < -0.4 is 10.1 Å². The molecule has 0 fully saturated rings. The maximum atomic E-state index is 5.50.